The van der Waals surface area contributed by atoms with E-state index in [1.54, 1.807) is 0 Å². The van der Waals surface area contributed by atoms with E-state index in [9.17, 15) is 19.1 Å². The summed E-state index contributed by atoms with van der Waals surface area (Å²) in [6.45, 7) is 0. The third-order valence-electron chi connectivity index (χ3n) is 2.17. The van der Waals surface area contributed by atoms with Crippen molar-refractivity contribution in [3.63, 3.8) is 0 Å². The van der Waals surface area contributed by atoms with Crippen LogP contribution in [-0.4, -0.2) is 27.8 Å². The zero-order valence-corrected chi connectivity index (χ0v) is 9.45. The number of ketones is 1. The number of alkyl halides is 1. The van der Waals surface area contributed by atoms with Crippen LogP contribution in [0, 0.1) is 5.82 Å². The fraction of sp³-hybridized carbons (Fsp3) is 0.273. The average molecular weight is 261 g/mol. The lowest BCUT2D eigenvalue weighted by Gasteiger charge is -2.11. The summed E-state index contributed by atoms with van der Waals surface area (Å²) in [7, 11) is 0. The lowest BCUT2D eigenvalue weighted by Crippen LogP contribution is -2.15. The summed E-state index contributed by atoms with van der Waals surface area (Å²) < 4.78 is 13.0. The molecule has 0 heterocycles. The van der Waals surface area contributed by atoms with Gasteiger partial charge in [0.15, 0.2) is 11.9 Å². The molecule has 2 N–H and O–H groups in total. The third kappa shape index (κ3) is 3.51. The van der Waals surface area contributed by atoms with Crippen LogP contribution in [0.4, 0.5) is 4.39 Å². The van der Waals surface area contributed by atoms with E-state index in [2.05, 4.69) is 0 Å². The van der Waals surface area contributed by atoms with Crippen molar-refractivity contribution >= 4 is 23.4 Å². The van der Waals surface area contributed by atoms with E-state index >= 15 is 0 Å². The van der Waals surface area contributed by atoms with Gasteiger partial charge in [0.1, 0.15) is 5.82 Å². The molecule has 0 saturated carbocycles. The van der Waals surface area contributed by atoms with Gasteiger partial charge in [0.2, 0.25) is 0 Å². The number of aliphatic hydroxyl groups excluding tert-OH is 1. The number of carbonyl (C=O) groups excluding carboxylic acids is 1. The molecule has 6 heteroatoms. The second kappa shape index (κ2) is 5.75. The number of Topliss-reactive ketones (excluding diaryl/α,β-unsaturated/α-hetero) is 1. The Kier molecular flexibility index (Phi) is 4.60. The number of aliphatic hydroxyl groups is 1. The van der Waals surface area contributed by atoms with Gasteiger partial charge in [-0.15, -0.1) is 11.6 Å². The SMILES string of the molecule is O=C(CCl)Cc1cc(F)ccc1C(O)C(=O)O. The molecule has 4 nitrogen and oxygen atoms in total. The molecule has 0 amide bonds. The number of aliphatic carboxylic acids is 1. The molecule has 0 aliphatic heterocycles. The highest BCUT2D eigenvalue weighted by molar-refractivity contribution is 6.27. The molecule has 0 bridgehead atoms. The largest absolute Gasteiger partial charge is 0.479 e. The van der Waals surface area contributed by atoms with Gasteiger partial charge < -0.3 is 10.2 Å². The van der Waals surface area contributed by atoms with Crippen LogP contribution >= 0.6 is 11.6 Å². The van der Waals surface area contributed by atoms with Crippen LogP contribution in [-0.2, 0) is 16.0 Å². The van der Waals surface area contributed by atoms with Crippen LogP contribution in [0.15, 0.2) is 18.2 Å². The molecule has 0 aliphatic rings. The van der Waals surface area contributed by atoms with Crippen LogP contribution in [0.5, 0.6) is 0 Å². The van der Waals surface area contributed by atoms with E-state index in [4.69, 9.17) is 16.7 Å². The number of rotatable bonds is 5. The first-order valence-corrected chi connectivity index (χ1v) is 5.26. The van der Waals surface area contributed by atoms with Crippen molar-refractivity contribution in [3.8, 4) is 0 Å². The minimum atomic E-state index is -1.78. The van der Waals surface area contributed by atoms with E-state index in [-0.39, 0.29) is 29.2 Å². The Morgan fingerprint density at radius 1 is 1.41 bits per heavy atom. The van der Waals surface area contributed by atoms with E-state index in [1.165, 1.54) is 0 Å². The van der Waals surface area contributed by atoms with Crippen molar-refractivity contribution in [3.05, 3.63) is 35.1 Å². The Morgan fingerprint density at radius 3 is 2.59 bits per heavy atom. The molecule has 0 aliphatic carbocycles. The summed E-state index contributed by atoms with van der Waals surface area (Å²) in [4.78, 5) is 21.8. The monoisotopic (exact) mass is 260 g/mol. The molecule has 0 spiro atoms. The van der Waals surface area contributed by atoms with Crippen molar-refractivity contribution < 1.29 is 24.2 Å². The number of carboxylic acid groups (broad SMARTS) is 1. The Bertz CT molecular complexity index is 447. The van der Waals surface area contributed by atoms with Crippen LogP contribution in [0.25, 0.3) is 0 Å². The van der Waals surface area contributed by atoms with Crippen molar-refractivity contribution in [2.24, 2.45) is 0 Å². The van der Waals surface area contributed by atoms with Crippen molar-refractivity contribution in [1.82, 2.24) is 0 Å². The van der Waals surface area contributed by atoms with Gasteiger partial charge in [-0.05, 0) is 23.3 Å². The van der Waals surface area contributed by atoms with Crippen molar-refractivity contribution in [2.45, 2.75) is 12.5 Å². The molecule has 17 heavy (non-hydrogen) atoms. The van der Waals surface area contributed by atoms with Gasteiger partial charge in [-0.1, -0.05) is 6.07 Å². The molecular formula is C11H10ClFO4. The zero-order valence-electron chi connectivity index (χ0n) is 8.69. The number of carboxylic acids is 1. The maximum atomic E-state index is 13.0. The molecular weight excluding hydrogens is 251 g/mol. The van der Waals surface area contributed by atoms with Crippen molar-refractivity contribution in [1.29, 1.82) is 0 Å². The lowest BCUT2D eigenvalue weighted by molar-refractivity contribution is -0.147. The minimum Gasteiger partial charge on any atom is -0.479 e. The smallest absolute Gasteiger partial charge is 0.337 e. The normalized spacial score (nSPS) is 12.2. The molecule has 0 aromatic heterocycles. The van der Waals surface area contributed by atoms with Gasteiger partial charge in [0.05, 0.1) is 5.88 Å². The topological polar surface area (TPSA) is 74.6 Å². The molecule has 1 rings (SSSR count). The number of benzene rings is 1. The van der Waals surface area contributed by atoms with Crippen molar-refractivity contribution in [2.75, 3.05) is 5.88 Å². The van der Waals surface area contributed by atoms with E-state index in [1.807, 2.05) is 0 Å². The summed E-state index contributed by atoms with van der Waals surface area (Å²) in [6, 6.07) is 3.19. The lowest BCUT2D eigenvalue weighted by atomic mass is 9.98. The quantitative estimate of drug-likeness (QED) is 0.783. The van der Waals surface area contributed by atoms with Gasteiger partial charge in [0, 0.05) is 6.42 Å². The predicted molar refractivity (Wildman–Crippen MR) is 58.4 cm³/mol. The highest BCUT2D eigenvalue weighted by Gasteiger charge is 2.20. The first-order valence-electron chi connectivity index (χ1n) is 4.72. The first kappa shape index (κ1) is 13.6. The Hall–Kier alpha value is -1.46. The zero-order chi connectivity index (χ0) is 13.0. The molecule has 92 valence electrons. The number of halogens is 2. The minimum absolute atomic E-state index is 0.00244. The number of hydrogen-bond acceptors (Lipinski definition) is 3. The summed E-state index contributed by atoms with van der Waals surface area (Å²) in [6.07, 6.45) is -1.99. The number of hydrogen-bond donors (Lipinski definition) is 2. The van der Waals surface area contributed by atoms with Crippen LogP contribution < -0.4 is 0 Å². The highest BCUT2D eigenvalue weighted by Crippen LogP contribution is 2.20. The predicted octanol–water partition coefficient (Wildman–Crippen LogP) is 1.29. The fourth-order valence-corrected chi connectivity index (χ4v) is 1.48. The molecule has 0 fully saturated rings. The highest BCUT2D eigenvalue weighted by atomic mass is 35.5. The maximum absolute atomic E-state index is 13.0. The van der Waals surface area contributed by atoms with Gasteiger partial charge in [-0.2, -0.15) is 0 Å². The Labute approximate surface area is 102 Å². The summed E-state index contributed by atoms with van der Waals surface area (Å²) in [5.41, 5.74) is 0.128. The number of carbonyl (C=O) groups is 2. The van der Waals surface area contributed by atoms with Gasteiger partial charge in [0.25, 0.3) is 0 Å². The van der Waals surface area contributed by atoms with E-state index < -0.39 is 17.9 Å². The van der Waals surface area contributed by atoms with Crippen LogP contribution in [0.2, 0.25) is 0 Å². The Morgan fingerprint density at radius 2 is 2.06 bits per heavy atom. The van der Waals surface area contributed by atoms with Crippen LogP contribution in [0.3, 0.4) is 0 Å². The molecule has 1 aromatic carbocycles. The summed E-state index contributed by atoms with van der Waals surface area (Å²) >= 11 is 5.31. The molecule has 0 saturated heterocycles. The van der Waals surface area contributed by atoms with Gasteiger partial charge in [-0.3, -0.25) is 4.79 Å². The average Bonchev–Trinajstić information content (AvgIpc) is 2.28. The fourth-order valence-electron chi connectivity index (χ4n) is 1.39. The summed E-state index contributed by atoms with van der Waals surface area (Å²) in [5.74, 6) is -2.70. The molecule has 1 unspecified atom stereocenters. The standard InChI is InChI=1S/C11H10ClFO4/c12-5-8(14)4-6-3-7(13)1-2-9(6)10(15)11(16)17/h1-3,10,15H,4-5H2,(H,16,17). The maximum Gasteiger partial charge on any atom is 0.337 e. The van der Waals surface area contributed by atoms with Gasteiger partial charge in [-0.25, -0.2) is 9.18 Å². The first-order chi connectivity index (χ1) is 7.95. The third-order valence-corrected chi connectivity index (χ3v) is 2.47. The second-order valence-electron chi connectivity index (χ2n) is 3.43. The molecule has 1 atom stereocenters. The van der Waals surface area contributed by atoms with Gasteiger partial charge >= 0.3 is 5.97 Å². The van der Waals surface area contributed by atoms with Crippen LogP contribution in [0.1, 0.15) is 17.2 Å². The van der Waals surface area contributed by atoms with E-state index in [0.29, 0.717) is 0 Å². The Balaban J connectivity index is 3.11. The van der Waals surface area contributed by atoms with E-state index in [0.717, 1.165) is 18.2 Å². The molecule has 1 aromatic rings. The second-order valence-corrected chi connectivity index (χ2v) is 3.70. The summed E-state index contributed by atoms with van der Waals surface area (Å²) in [5, 5.41) is 18.1. The molecule has 0 radical (unpaired) electrons.